The van der Waals surface area contributed by atoms with Crippen molar-refractivity contribution in [3.8, 4) is 0 Å². The van der Waals surface area contributed by atoms with E-state index in [1.807, 2.05) is 32.9 Å². The van der Waals surface area contributed by atoms with Crippen LogP contribution in [0, 0.1) is 23.7 Å². The zero-order chi connectivity index (χ0) is 46.5. The van der Waals surface area contributed by atoms with E-state index in [4.69, 9.17) is 14.2 Å². The van der Waals surface area contributed by atoms with Gasteiger partial charge in [0, 0.05) is 59.0 Å². The lowest BCUT2D eigenvalue weighted by molar-refractivity contribution is -0.149. The maximum Gasteiger partial charge on any atom is 0.330 e. The van der Waals surface area contributed by atoms with E-state index in [1.165, 1.54) is 28.9 Å². The number of benzene rings is 3. The molecule has 0 amide bonds. The number of esters is 3. The molecule has 0 aromatic heterocycles. The van der Waals surface area contributed by atoms with E-state index < -0.39 is 8.07 Å². The Hall–Kier alpha value is -4.13. The van der Waals surface area contributed by atoms with Gasteiger partial charge in [0.05, 0.1) is 46.5 Å². The van der Waals surface area contributed by atoms with E-state index in [-0.39, 0.29) is 29.7 Å². The number of hydrogen-bond donors (Lipinski definition) is 0. The van der Waals surface area contributed by atoms with Gasteiger partial charge in [0.2, 0.25) is 0 Å². The van der Waals surface area contributed by atoms with Gasteiger partial charge < -0.3 is 18.9 Å². The first-order valence-electron chi connectivity index (χ1n) is 23.2. The quantitative estimate of drug-likeness (QED) is 0.0381. The molecule has 5 rings (SSSR count). The van der Waals surface area contributed by atoms with Crippen molar-refractivity contribution in [2.45, 2.75) is 100 Å². The van der Waals surface area contributed by atoms with Gasteiger partial charge in [0.1, 0.15) is 0 Å². The Morgan fingerprint density at radius 1 is 0.619 bits per heavy atom. The average molecular weight is 888 g/mol. The van der Waals surface area contributed by atoms with Gasteiger partial charge in [0.15, 0.2) is 0 Å². The second-order valence-electron chi connectivity index (χ2n) is 17.4. The molecule has 0 radical (unpaired) electrons. The van der Waals surface area contributed by atoms with Gasteiger partial charge in [-0.05, 0) is 61.9 Å². The molecule has 3 aromatic rings. The lowest BCUT2D eigenvalue weighted by atomic mass is 9.94. The van der Waals surface area contributed by atoms with Crippen molar-refractivity contribution < 1.29 is 33.3 Å². The van der Waals surface area contributed by atoms with Gasteiger partial charge in [-0.2, -0.15) is 0 Å². The number of hydrogen-bond acceptors (Lipinski definition) is 10. The summed E-state index contributed by atoms with van der Waals surface area (Å²) in [5, 5.41) is 0. The van der Waals surface area contributed by atoms with Crippen molar-refractivity contribution >= 4 is 26.0 Å². The number of allylic oxidation sites excluding steroid dienone is 1. The fraction of sp³-hybridized carbons (Fsp3) is 0.558. The molecule has 0 aliphatic carbocycles. The van der Waals surface area contributed by atoms with E-state index >= 15 is 0 Å². The number of carbonyl (C=O) groups excluding carboxylic acids is 3. The van der Waals surface area contributed by atoms with Crippen LogP contribution in [0.15, 0.2) is 103 Å². The third-order valence-corrected chi connectivity index (χ3v) is 12.2. The summed E-state index contributed by atoms with van der Waals surface area (Å²) < 4.78 is 20.3. The standard InChI is InChI=1S/2C16H23NO2.C13H23NOSi.C7H12O2/c2*1-3-14-11-17(10-13-8-6-5-7-9-13)12-15(14)16(18)19-4-2;1-15-11-14(12-16(2,3)4)10-13-8-6-5-7-9-13;1-3-5-6-7(8)9-4-2/h2*5-9,14-15H,3-4,10-12H2,1-2H3;5-9H,10-12H2,1-4H3;5-6H,3-4H2,1-2H3/b;;;6-5-/t2*14-,15+;;/m10../s1. The lowest BCUT2D eigenvalue weighted by Gasteiger charge is -2.28. The van der Waals surface area contributed by atoms with Crippen LogP contribution >= 0.6 is 0 Å². The molecule has 63 heavy (non-hydrogen) atoms. The number of nitrogens with zero attached hydrogens (tertiary/aromatic N) is 3. The summed E-state index contributed by atoms with van der Waals surface area (Å²) in [7, 11) is 0.701. The summed E-state index contributed by atoms with van der Waals surface area (Å²) >= 11 is 0. The van der Waals surface area contributed by atoms with Crippen molar-refractivity contribution in [1.29, 1.82) is 0 Å². The third-order valence-electron chi connectivity index (χ3n) is 10.8. The van der Waals surface area contributed by atoms with E-state index in [9.17, 15) is 14.4 Å². The molecule has 2 fully saturated rings. The highest BCUT2D eigenvalue weighted by Gasteiger charge is 2.38. The zero-order valence-electron chi connectivity index (χ0n) is 40.4. The smallest absolute Gasteiger partial charge is 0.330 e. The number of carbonyl (C=O) groups is 3. The van der Waals surface area contributed by atoms with Crippen LogP contribution in [-0.2, 0) is 53.0 Å². The highest BCUT2D eigenvalue weighted by molar-refractivity contribution is 6.76. The van der Waals surface area contributed by atoms with E-state index in [0.29, 0.717) is 31.7 Å². The van der Waals surface area contributed by atoms with E-state index in [2.05, 4.69) is 132 Å². The van der Waals surface area contributed by atoms with Gasteiger partial charge in [-0.25, -0.2) is 4.79 Å². The summed E-state index contributed by atoms with van der Waals surface area (Å²) in [6.07, 6.45) is 7.35. The predicted molar refractivity (Wildman–Crippen MR) is 259 cm³/mol. The van der Waals surface area contributed by atoms with Crippen molar-refractivity contribution in [2.24, 2.45) is 23.7 Å². The first-order chi connectivity index (χ1) is 30.3. The molecule has 350 valence electrons. The maximum absolute atomic E-state index is 12.0. The molecule has 0 N–H and O–H groups in total. The Labute approximate surface area is 382 Å². The zero-order valence-corrected chi connectivity index (χ0v) is 41.4. The van der Waals surface area contributed by atoms with Crippen LogP contribution in [0.2, 0.25) is 19.6 Å². The Bertz CT molecular complexity index is 1610. The van der Waals surface area contributed by atoms with Gasteiger partial charge in [-0.15, -0.1) is 0 Å². The molecule has 11 heteroatoms. The molecule has 0 unspecified atom stereocenters. The maximum atomic E-state index is 12.0. The van der Waals surface area contributed by atoms with Crippen LogP contribution in [0.5, 0.6) is 0 Å². The van der Waals surface area contributed by atoms with Crippen LogP contribution in [0.4, 0.5) is 0 Å². The number of methoxy groups -OCH3 is 1. The van der Waals surface area contributed by atoms with E-state index in [0.717, 1.165) is 71.8 Å². The molecule has 4 atom stereocenters. The molecular weight excluding hydrogens is 807 g/mol. The lowest BCUT2D eigenvalue weighted by Crippen LogP contribution is -2.40. The van der Waals surface area contributed by atoms with Crippen LogP contribution < -0.4 is 0 Å². The molecule has 0 spiro atoms. The largest absolute Gasteiger partial charge is 0.466 e. The first kappa shape index (κ1) is 55.0. The second kappa shape index (κ2) is 31.7. The minimum absolute atomic E-state index is 0.0232. The van der Waals surface area contributed by atoms with E-state index in [1.54, 1.807) is 20.1 Å². The summed E-state index contributed by atoms with van der Waals surface area (Å²) in [6.45, 7) is 27.6. The monoisotopic (exact) mass is 888 g/mol. The third kappa shape index (κ3) is 22.9. The molecule has 10 nitrogen and oxygen atoms in total. The Balaban J connectivity index is 0.000000298. The van der Waals surface area contributed by atoms with Crippen LogP contribution in [0.25, 0.3) is 0 Å². The molecule has 2 heterocycles. The molecule has 0 saturated carbocycles. The Kier molecular flexibility index (Phi) is 27.6. The van der Waals surface area contributed by atoms with Crippen molar-refractivity contribution in [3.63, 3.8) is 0 Å². The molecule has 3 aromatic carbocycles. The molecular formula is C52H81N3O7Si. The molecule has 2 aliphatic heterocycles. The Morgan fingerprint density at radius 2 is 1.03 bits per heavy atom. The summed E-state index contributed by atoms with van der Waals surface area (Å²) in [4.78, 5) is 41.5. The second-order valence-corrected chi connectivity index (χ2v) is 22.9. The average Bonchev–Trinajstić information content (AvgIpc) is 3.88. The van der Waals surface area contributed by atoms with Crippen molar-refractivity contribution in [3.05, 3.63) is 120 Å². The highest BCUT2D eigenvalue weighted by atomic mass is 28.3. The number of rotatable bonds is 19. The van der Waals surface area contributed by atoms with Crippen LogP contribution in [0.1, 0.15) is 77.5 Å². The highest BCUT2D eigenvalue weighted by Crippen LogP contribution is 2.29. The van der Waals surface area contributed by atoms with Crippen molar-refractivity contribution in [1.82, 2.24) is 14.7 Å². The van der Waals surface area contributed by atoms with Gasteiger partial charge in [-0.1, -0.05) is 150 Å². The fourth-order valence-electron chi connectivity index (χ4n) is 7.97. The van der Waals surface area contributed by atoms with Crippen molar-refractivity contribution in [2.75, 3.05) is 66.0 Å². The van der Waals surface area contributed by atoms with Gasteiger partial charge in [-0.3, -0.25) is 24.3 Å². The Morgan fingerprint density at radius 3 is 1.38 bits per heavy atom. The fourth-order valence-corrected chi connectivity index (χ4v) is 9.51. The van der Waals surface area contributed by atoms with Gasteiger partial charge in [0.25, 0.3) is 0 Å². The van der Waals surface area contributed by atoms with Crippen LogP contribution in [-0.4, -0.2) is 107 Å². The molecule has 2 saturated heterocycles. The predicted octanol–water partition coefficient (Wildman–Crippen LogP) is 9.90. The normalized spacial score (nSPS) is 18.7. The summed E-state index contributed by atoms with van der Waals surface area (Å²) in [5.74, 6) is 0.669. The van der Waals surface area contributed by atoms with Crippen LogP contribution in [0.3, 0.4) is 0 Å². The molecule has 2 aliphatic rings. The first-order valence-corrected chi connectivity index (χ1v) is 27.0. The minimum Gasteiger partial charge on any atom is -0.466 e. The number of ether oxygens (including phenoxy) is 4. The topological polar surface area (TPSA) is 97.9 Å². The number of likely N-dealkylation sites (tertiary alicyclic amines) is 2. The van der Waals surface area contributed by atoms with Gasteiger partial charge >= 0.3 is 17.9 Å². The SMILES string of the molecule is CC/C=C\C(=O)OCC.CCOC(=O)[C@@H]1CN(Cc2ccccc2)C[C@@H]1CC.CCOC(=O)[C@H]1CN(Cc2ccccc2)C[C@H]1CC.COCN(Cc1ccccc1)C[Si](C)(C)C. The summed E-state index contributed by atoms with van der Waals surface area (Å²) in [5.41, 5.74) is 3.97. The molecule has 0 bridgehead atoms. The summed E-state index contributed by atoms with van der Waals surface area (Å²) in [6, 6.07) is 31.4. The minimum atomic E-state index is -1.07.